The first-order valence-electron chi connectivity index (χ1n) is 8.52. The average Bonchev–Trinajstić information content (AvgIpc) is 2.59. The molecule has 3 rings (SSSR count). The van der Waals surface area contributed by atoms with Crippen LogP contribution in [-0.2, 0) is 4.79 Å². The van der Waals surface area contributed by atoms with Crippen molar-refractivity contribution in [1.29, 1.82) is 0 Å². The maximum absolute atomic E-state index is 12.6. The summed E-state index contributed by atoms with van der Waals surface area (Å²) in [5, 5.41) is 6.26. The summed E-state index contributed by atoms with van der Waals surface area (Å²) in [6, 6.07) is 3.57. The largest absolute Gasteiger partial charge is 0.352 e. The lowest BCUT2D eigenvalue weighted by molar-refractivity contribution is -0.121. The molecule has 0 spiro atoms. The number of hydrogen-bond acceptors (Lipinski definition) is 4. The fourth-order valence-corrected chi connectivity index (χ4v) is 3.48. The highest BCUT2D eigenvalue weighted by atomic mass is 16.2. The number of fused-ring (bicyclic) bond motifs is 1. The van der Waals surface area contributed by atoms with Crippen molar-refractivity contribution in [3.63, 3.8) is 0 Å². The Balaban J connectivity index is 1.75. The quantitative estimate of drug-likeness (QED) is 0.920. The lowest BCUT2D eigenvalue weighted by Gasteiger charge is -2.40. The van der Waals surface area contributed by atoms with Crippen LogP contribution in [0.4, 0.5) is 16.3 Å². The van der Waals surface area contributed by atoms with Gasteiger partial charge < -0.3 is 5.32 Å². The van der Waals surface area contributed by atoms with Crippen LogP contribution in [0.2, 0.25) is 0 Å². The molecule has 1 fully saturated rings. The second-order valence-electron chi connectivity index (χ2n) is 6.70. The molecule has 1 N–H and O–H groups in total. The topological polar surface area (TPSA) is 68.8 Å². The maximum Gasteiger partial charge on any atom is 0.343 e. The summed E-state index contributed by atoms with van der Waals surface area (Å²) in [5.74, 6) is 1.04. The van der Waals surface area contributed by atoms with Crippen molar-refractivity contribution in [2.24, 2.45) is 5.92 Å². The number of hydrazine groups is 1. The molecule has 2 heterocycles. The van der Waals surface area contributed by atoms with E-state index in [1.165, 1.54) is 16.3 Å². The van der Waals surface area contributed by atoms with Crippen LogP contribution in [-0.4, -0.2) is 48.6 Å². The first-order chi connectivity index (χ1) is 11.5. The van der Waals surface area contributed by atoms with Gasteiger partial charge in [-0.3, -0.25) is 14.7 Å². The van der Waals surface area contributed by atoms with E-state index in [2.05, 4.69) is 17.2 Å². The summed E-state index contributed by atoms with van der Waals surface area (Å²) in [5.41, 5.74) is 0.662. The lowest BCUT2D eigenvalue weighted by atomic mass is 9.86. The zero-order valence-electron chi connectivity index (χ0n) is 14.5. The smallest absolute Gasteiger partial charge is 0.343 e. The van der Waals surface area contributed by atoms with E-state index in [4.69, 9.17) is 0 Å². The minimum absolute atomic E-state index is 0.0128. The van der Waals surface area contributed by atoms with E-state index in [1.54, 1.807) is 31.4 Å². The van der Waals surface area contributed by atoms with Gasteiger partial charge in [-0.05, 0) is 30.9 Å². The minimum atomic E-state index is -0.232. The third-order valence-electron chi connectivity index (χ3n) is 5.08. The van der Waals surface area contributed by atoms with E-state index < -0.39 is 0 Å². The summed E-state index contributed by atoms with van der Waals surface area (Å²) in [6.45, 7) is 2.19. The van der Waals surface area contributed by atoms with Gasteiger partial charge in [0.1, 0.15) is 6.54 Å². The molecule has 1 aromatic heterocycles. The van der Waals surface area contributed by atoms with Gasteiger partial charge in [0.05, 0.1) is 5.69 Å². The zero-order valence-corrected chi connectivity index (χ0v) is 14.5. The monoisotopic (exact) mass is 331 g/mol. The molecule has 0 saturated heterocycles. The molecule has 0 bridgehead atoms. The van der Waals surface area contributed by atoms with Crippen LogP contribution in [0, 0.1) is 5.92 Å². The van der Waals surface area contributed by atoms with Gasteiger partial charge in [0.15, 0.2) is 5.82 Å². The van der Waals surface area contributed by atoms with Gasteiger partial charge in [-0.15, -0.1) is 0 Å². The molecule has 130 valence electrons. The van der Waals surface area contributed by atoms with Crippen molar-refractivity contribution >= 4 is 23.4 Å². The number of rotatable bonds is 3. The Morgan fingerprint density at radius 2 is 2.04 bits per heavy atom. The number of hydrogen-bond donors (Lipinski definition) is 1. The highest BCUT2D eigenvalue weighted by Gasteiger charge is 2.34. The Labute approximate surface area is 142 Å². The Hall–Kier alpha value is -2.31. The highest BCUT2D eigenvalue weighted by Crippen LogP contribution is 2.32. The SMILES string of the molecule is C[C@H]1CCCC[C@H]1NC(=O)CN1C(=O)N(C)N(C)c2ncccc21. The molecular formula is C17H25N5O2. The summed E-state index contributed by atoms with van der Waals surface area (Å²) in [7, 11) is 3.46. The Morgan fingerprint density at radius 3 is 2.79 bits per heavy atom. The average molecular weight is 331 g/mol. The molecule has 0 aromatic carbocycles. The molecule has 0 radical (unpaired) electrons. The molecule has 2 aliphatic rings. The molecule has 2 atom stereocenters. The molecule has 0 unspecified atom stereocenters. The lowest BCUT2D eigenvalue weighted by Crippen LogP contribution is -2.56. The van der Waals surface area contributed by atoms with E-state index >= 15 is 0 Å². The Bertz CT molecular complexity index is 635. The molecule has 1 saturated carbocycles. The van der Waals surface area contributed by atoms with Gasteiger partial charge in [-0.2, -0.15) is 0 Å². The predicted molar refractivity (Wildman–Crippen MR) is 92.7 cm³/mol. The molecule has 1 aliphatic carbocycles. The van der Waals surface area contributed by atoms with Crippen LogP contribution in [0.1, 0.15) is 32.6 Å². The Morgan fingerprint density at radius 1 is 1.29 bits per heavy atom. The Kier molecular flexibility index (Phi) is 4.59. The molecule has 24 heavy (non-hydrogen) atoms. The number of carbonyl (C=O) groups excluding carboxylic acids is 2. The van der Waals surface area contributed by atoms with Gasteiger partial charge in [-0.25, -0.2) is 14.8 Å². The summed E-state index contributed by atoms with van der Waals surface area (Å²) < 4.78 is 0. The van der Waals surface area contributed by atoms with Gasteiger partial charge in [0.2, 0.25) is 5.91 Å². The van der Waals surface area contributed by atoms with Crippen LogP contribution >= 0.6 is 0 Å². The number of nitrogens with zero attached hydrogens (tertiary/aromatic N) is 4. The fourth-order valence-electron chi connectivity index (χ4n) is 3.48. The molecule has 7 heteroatoms. The maximum atomic E-state index is 12.6. The van der Waals surface area contributed by atoms with Crippen molar-refractivity contribution in [2.75, 3.05) is 30.5 Å². The molecule has 1 aromatic rings. The number of aromatic nitrogens is 1. The van der Waals surface area contributed by atoms with Crippen molar-refractivity contribution in [3.8, 4) is 0 Å². The van der Waals surface area contributed by atoms with Crippen LogP contribution < -0.4 is 15.2 Å². The van der Waals surface area contributed by atoms with Crippen LogP contribution in [0.5, 0.6) is 0 Å². The number of nitrogens with one attached hydrogen (secondary N) is 1. The van der Waals surface area contributed by atoms with E-state index in [0.717, 1.165) is 19.3 Å². The number of pyridine rings is 1. The van der Waals surface area contributed by atoms with E-state index in [1.807, 2.05) is 6.07 Å². The number of carbonyl (C=O) groups is 2. The summed E-state index contributed by atoms with van der Waals surface area (Å²) in [4.78, 5) is 30.9. The molecule has 3 amide bonds. The van der Waals surface area contributed by atoms with E-state index in [9.17, 15) is 9.59 Å². The second kappa shape index (κ2) is 6.67. The summed E-state index contributed by atoms with van der Waals surface area (Å²) >= 11 is 0. The van der Waals surface area contributed by atoms with Crippen LogP contribution in [0.15, 0.2) is 18.3 Å². The highest BCUT2D eigenvalue weighted by molar-refractivity contribution is 6.02. The summed E-state index contributed by atoms with van der Waals surface area (Å²) in [6.07, 6.45) is 6.23. The van der Waals surface area contributed by atoms with E-state index in [0.29, 0.717) is 17.4 Å². The molecular weight excluding hydrogens is 306 g/mol. The van der Waals surface area contributed by atoms with Gasteiger partial charge in [0, 0.05) is 26.3 Å². The first-order valence-corrected chi connectivity index (χ1v) is 8.52. The van der Waals surface area contributed by atoms with E-state index in [-0.39, 0.29) is 24.5 Å². The second-order valence-corrected chi connectivity index (χ2v) is 6.70. The third-order valence-corrected chi connectivity index (χ3v) is 5.08. The van der Waals surface area contributed by atoms with Gasteiger partial charge in [0.25, 0.3) is 0 Å². The van der Waals surface area contributed by atoms with Crippen molar-refractivity contribution < 1.29 is 9.59 Å². The molecule has 7 nitrogen and oxygen atoms in total. The van der Waals surface area contributed by atoms with Gasteiger partial charge >= 0.3 is 6.03 Å². The number of anilines is 2. The predicted octanol–water partition coefficient (Wildman–Crippen LogP) is 2.00. The van der Waals surface area contributed by atoms with Crippen LogP contribution in [0.25, 0.3) is 0 Å². The minimum Gasteiger partial charge on any atom is -0.352 e. The normalized spacial score (nSPS) is 24.0. The first kappa shape index (κ1) is 16.5. The standard InChI is InChI=1S/C17H25N5O2/c1-12-7-4-5-8-13(12)19-15(23)11-22-14-9-6-10-18-16(14)20(2)21(3)17(22)24/h6,9-10,12-13H,4-5,7-8,11H2,1-3H3,(H,19,23)/t12-,13+/m0/s1. The van der Waals surface area contributed by atoms with Crippen molar-refractivity contribution in [2.45, 2.75) is 38.6 Å². The van der Waals surface area contributed by atoms with Crippen molar-refractivity contribution in [3.05, 3.63) is 18.3 Å². The van der Waals surface area contributed by atoms with Crippen molar-refractivity contribution in [1.82, 2.24) is 15.3 Å². The van der Waals surface area contributed by atoms with Crippen LogP contribution in [0.3, 0.4) is 0 Å². The third kappa shape index (κ3) is 3.02. The fraction of sp³-hybridized carbons (Fsp3) is 0.588. The van der Waals surface area contributed by atoms with Gasteiger partial charge in [-0.1, -0.05) is 19.8 Å². The number of urea groups is 1. The zero-order chi connectivity index (χ0) is 17.3. The number of amides is 3. The molecule has 1 aliphatic heterocycles.